The van der Waals surface area contributed by atoms with Gasteiger partial charge in [-0.2, -0.15) is 9.78 Å². The van der Waals surface area contributed by atoms with E-state index >= 15 is 0 Å². The third kappa shape index (κ3) is 6.83. The molecule has 0 aliphatic carbocycles. The van der Waals surface area contributed by atoms with Crippen LogP contribution in [0.25, 0.3) is 33.2 Å². The first-order chi connectivity index (χ1) is 19.8. The molecule has 2 aromatic heterocycles. The molecule has 0 amide bonds. The molecule has 0 aliphatic rings. The van der Waals surface area contributed by atoms with Crippen molar-refractivity contribution in [2.45, 2.75) is 52.7 Å². The van der Waals surface area contributed by atoms with E-state index in [1.54, 1.807) is 18.3 Å². The summed E-state index contributed by atoms with van der Waals surface area (Å²) in [5.41, 5.74) is 1.64. The highest BCUT2D eigenvalue weighted by molar-refractivity contribution is 5.94. The standard InChI is InChI=1S/C32H33N5O5/c1-31(2,3)41-27(38)19-40-23-11-9-10-20(17-23)28-35-25-13-8-7-12-24(25)29(36-28)34-22-14-15-26-21(16-22)18-33-37(26)30(39)42-32(4,5)6/h7-18H,19H2,1-6H3,(H,34,35,36). The highest BCUT2D eigenvalue weighted by atomic mass is 16.6. The fraction of sp³-hybridized carbons (Fsp3) is 0.281. The van der Waals surface area contributed by atoms with Crippen LogP contribution in [0.4, 0.5) is 16.3 Å². The topological polar surface area (TPSA) is 117 Å². The molecule has 5 rings (SSSR count). The molecule has 0 saturated carbocycles. The predicted molar refractivity (Wildman–Crippen MR) is 161 cm³/mol. The fourth-order valence-corrected chi connectivity index (χ4v) is 4.24. The second kappa shape index (κ2) is 11.1. The van der Waals surface area contributed by atoms with Crippen molar-refractivity contribution in [3.8, 4) is 17.1 Å². The summed E-state index contributed by atoms with van der Waals surface area (Å²) in [7, 11) is 0. The first-order valence-electron chi connectivity index (χ1n) is 13.5. The lowest BCUT2D eigenvalue weighted by Gasteiger charge is -2.19. The van der Waals surface area contributed by atoms with E-state index in [2.05, 4.69) is 10.4 Å². The van der Waals surface area contributed by atoms with Gasteiger partial charge in [-0.1, -0.05) is 24.3 Å². The van der Waals surface area contributed by atoms with Crippen molar-refractivity contribution in [2.24, 2.45) is 0 Å². The van der Waals surface area contributed by atoms with Gasteiger partial charge in [-0.15, -0.1) is 0 Å². The Morgan fingerprint density at radius 2 is 1.62 bits per heavy atom. The molecule has 10 nitrogen and oxygen atoms in total. The van der Waals surface area contributed by atoms with E-state index in [4.69, 9.17) is 24.2 Å². The van der Waals surface area contributed by atoms with Gasteiger partial charge in [-0.25, -0.2) is 19.6 Å². The number of para-hydroxylation sites is 1. The molecule has 0 spiro atoms. The van der Waals surface area contributed by atoms with Crippen molar-refractivity contribution in [1.82, 2.24) is 19.7 Å². The molecular formula is C32H33N5O5. The molecule has 0 unspecified atom stereocenters. The zero-order valence-corrected chi connectivity index (χ0v) is 24.5. The van der Waals surface area contributed by atoms with Crippen LogP contribution >= 0.6 is 0 Å². The SMILES string of the molecule is CC(C)(C)OC(=O)COc1cccc(-c2nc(Nc3ccc4c(cnn4C(=O)OC(C)(C)C)c3)c3ccccc3n2)c1. The van der Waals surface area contributed by atoms with E-state index in [0.29, 0.717) is 22.9 Å². The Labute approximate surface area is 243 Å². The van der Waals surface area contributed by atoms with Crippen LogP contribution in [0.2, 0.25) is 0 Å². The number of aromatic nitrogens is 4. The Kier molecular flexibility index (Phi) is 7.55. The van der Waals surface area contributed by atoms with Crippen molar-refractivity contribution in [1.29, 1.82) is 0 Å². The van der Waals surface area contributed by atoms with Gasteiger partial charge < -0.3 is 19.5 Å². The third-order valence-electron chi connectivity index (χ3n) is 5.87. The lowest BCUT2D eigenvalue weighted by molar-refractivity contribution is -0.157. The molecule has 0 radical (unpaired) electrons. The number of ether oxygens (including phenoxy) is 3. The number of fused-ring (bicyclic) bond motifs is 2. The first kappa shape index (κ1) is 28.5. The summed E-state index contributed by atoms with van der Waals surface area (Å²) in [6.45, 7) is 10.7. The van der Waals surface area contributed by atoms with Crippen LogP contribution in [0, 0.1) is 0 Å². The van der Waals surface area contributed by atoms with Gasteiger partial charge in [0, 0.05) is 22.0 Å². The van der Waals surface area contributed by atoms with Gasteiger partial charge in [0.1, 0.15) is 22.8 Å². The largest absolute Gasteiger partial charge is 0.482 e. The molecule has 0 aliphatic heterocycles. The van der Waals surface area contributed by atoms with E-state index in [9.17, 15) is 9.59 Å². The average Bonchev–Trinajstić information content (AvgIpc) is 3.34. The summed E-state index contributed by atoms with van der Waals surface area (Å²) in [5, 5.41) is 9.24. The lowest BCUT2D eigenvalue weighted by Crippen LogP contribution is -2.27. The number of rotatable bonds is 6. The Hall–Kier alpha value is -4.99. The van der Waals surface area contributed by atoms with Crippen molar-refractivity contribution in [3.05, 3.63) is 72.9 Å². The molecule has 0 fully saturated rings. The number of carbonyl (C=O) groups excluding carboxylic acids is 2. The highest BCUT2D eigenvalue weighted by Crippen LogP contribution is 2.30. The van der Waals surface area contributed by atoms with Crippen molar-refractivity contribution < 1.29 is 23.8 Å². The van der Waals surface area contributed by atoms with E-state index < -0.39 is 23.3 Å². The normalized spacial score (nSPS) is 11.9. The third-order valence-corrected chi connectivity index (χ3v) is 5.87. The summed E-state index contributed by atoms with van der Waals surface area (Å²) in [6, 6.07) is 20.5. The number of nitrogens with zero attached hydrogens (tertiary/aromatic N) is 4. The number of esters is 1. The second-order valence-corrected chi connectivity index (χ2v) is 11.8. The maximum atomic E-state index is 12.6. The van der Waals surface area contributed by atoms with Gasteiger partial charge in [-0.05, 0) is 84.0 Å². The maximum Gasteiger partial charge on any atom is 0.435 e. The van der Waals surface area contributed by atoms with Crippen LogP contribution in [0.3, 0.4) is 0 Å². The maximum absolute atomic E-state index is 12.6. The Morgan fingerprint density at radius 1 is 0.857 bits per heavy atom. The van der Waals surface area contributed by atoms with Crippen molar-refractivity contribution >= 4 is 45.4 Å². The number of nitrogens with one attached hydrogen (secondary N) is 1. The van der Waals surface area contributed by atoms with E-state index in [1.807, 2.05) is 96.1 Å². The molecule has 2 heterocycles. The average molecular weight is 568 g/mol. The fourth-order valence-electron chi connectivity index (χ4n) is 4.24. The minimum absolute atomic E-state index is 0.209. The minimum Gasteiger partial charge on any atom is -0.482 e. The second-order valence-electron chi connectivity index (χ2n) is 11.8. The summed E-state index contributed by atoms with van der Waals surface area (Å²) in [4.78, 5) is 34.3. The molecule has 5 aromatic rings. The lowest BCUT2D eigenvalue weighted by atomic mass is 10.1. The van der Waals surface area contributed by atoms with Gasteiger partial charge in [0.2, 0.25) is 0 Å². The molecule has 10 heteroatoms. The minimum atomic E-state index is -0.633. The molecule has 42 heavy (non-hydrogen) atoms. The van der Waals surface area contributed by atoms with Gasteiger partial charge in [0.05, 0.1) is 17.2 Å². The number of benzene rings is 3. The van der Waals surface area contributed by atoms with Gasteiger partial charge in [-0.3, -0.25) is 0 Å². The number of hydrogen-bond donors (Lipinski definition) is 1. The van der Waals surface area contributed by atoms with Crippen LogP contribution in [-0.2, 0) is 14.3 Å². The van der Waals surface area contributed by atoms with Crippen LogP contribution < -0.4 is 10.1 Å². The predicted octanol–water partition coefficient (Wildman–Crippen LogP) is 6.89. The number of hydrogen-bond acceptors (Lipinski definition) is 9. The monoisotopic (exact) mass is 567 g/mol. The van der Waals surface area contributed by atoms with Crippen LogP contribution in [0.15, 0.2) is 72.9 Å². The first-order valence-corrected chi connectivity index (χ1v) is 13.5. The molecule has 1 N–H and O–H groups in total. The Bertz CT molecular complexity index is 1780. The van der Waals surface area contributed by atoms with Gasteiger partial charge in [0.25, 0.3) is 0 Å². The van der Waals surface area contributed by atoms with Crippen LogP contribution in [-0.4, -0.2) is 49.6 Å². The van der Waals surface area contributed by atoms with Crippen LogP contribution in [0.1, 0.15) is 41.5 Å². The summed E-state index contributed by atoms with van der Waals surface area (Å²) >= 11 is 0. The number of carbonyl (C=O) groups is 2. The molecular weight excluding hydrogens is 534 g/mol. The zero-order chi connectivity index (χ0) is 30.1. The van der Waals surface area contributed by atoms with Crippen molar-refractivity contribution in [3.63, 3.8) is 0 Å². The molecule has 0 atom stereocenters. The zero-order valence-electron chi connectivity index (χ0n) is 24.5. The van der Waals surface area contributed by atoms with E-state index in [1.165, 1.54) is 4.68 Å². The van der Waals surface area contributed by atoms with E-state index in [-0.39, 0.29) is 6.61 Å². The smallest absolute Gasteiger partial charge is 0.435 e. The summed E-state index contributed by atoms with van der Waals surface area (Å²) in [5.74, 6) is 1.14. The molecule has 0 saturated heterocycles. The molecule has 3 aromatic carbocycles. The van der Waals surface area contributed by atoms with E-state index in [0.717, 1.165) is 27.5 Å². The van der Waals surface area contributed by atoms with Gasteiger partial charge in [0.15, 0.2) is 12.4 Å². The van der Waals surface area contributed by atoms with Gasteiger partial charge >= 0.3 is 12.1 Å². The summed E-state index contributed by atoms with van der Waals surface area (Å²) in [6.07, 6.45) is 1.08. The highest BCUT2D eigenvalue weighted by Gasteiger charge is 2.21. The van der Waals surface area contributed by atoms with Crippen LogP contribution in [0.5, 0.6) is 5.75 Å². The summed E-state index contributed by atoms with van der Waals surface area (Å²) < 4.78 is 17.7. The Morgan fingerprint density at radius 3 is 2.38 bits per heavy atom. The quantitative estimate of drug-likeness (QED) is 0.219. The Balaban J connectivity index is 1.42. The number of anilines is 2. The molecule has 216 valence electrons. The van der Waals surface area contributed by atoms with Crippen molar-refractivity contribution in [2.75, 3.05) is 11.9 Å². The molecule has 0 bridgehead atoms.